The van der Waals surface area contributed by atoms with E-state index >= 15 is 0 Å². The van der Waals surface area contributed by atoms with Crippen molar-refractivity contribution < 1.29 is 19.9 Å². The number of nitrogens with one attached hydrogen (secondary N) is 1. The van der Waals surface area contributed by atoms with Crippen molar-refractivity contribution in [2.75, 3.05) is 5.32 Å². The zero-order valence-electron chi connectivity index (χ0n) is 15.6. The number of carbonyl (C=O) groups excluding carboxylic acids is 1. The molecule has 0 aliphatic heterocycles. The third-order valence-electron chi connectivity index (χ3n) is 4.65. The molecule has 0 saturated heterocycles. The van der Waals surface area contributed by atoms with Gasteiger partial charge in [-0.05, 0) is 58.3 Å². The van der Waals surface area contributed by atoms with Crippen LogP contribution in [0.3, 0.4) is 0 Å². The topological polar surface area (TPSA) is 113 Å². The highest BCUT2D eigenvalue weighted by Crippen LogP contribution is 2.30. The summed E-state index contributed by atoms with van der Waals surface area (Å²) in [4.78, 5) is 23.6. The van der Waals surface area contributed by atoms with E-state index in [1.165, 1.54) is 24.3 Å². The van der Waals surface area contributed by atoms with Crippen LogP contribution < -0.4 is 5.32 Å². The van der Waals surface area contributed by atoms with Crippen LogP contribution in [0.1, 0.15) is 10.4 Å². The molecule has 0 heterocycles. The number of nitrogens with zero attached hydrogens (tertiary/aromatic N) is 1. The van der Waals surface area contributed by atoms with E-state index in [0.29, 0.717) is 16.8 Å². The lowest BCUT2D eigenvalue weighted by molar-refractivity contribution is -0.384. The summed E-state index contributed by atoms with van der Waals surface area (Å²) < 4.78 is 0. The van der Waals surface area contributed by atoms with Gasteiger partial charge in [0.1, 0.15) is 11.5 Å². The molecule has 0 aliphatic rings. The number of benzene rings is 4. The number of phenols is 2. The van der Waals surface area contributed by atoms with Gasteiger partial charge in [0, 0.05) is 29.4 Å². The number of hydrogen-bond donors (Lipinski definition) is 3. The molecule has 0 fully saturated rings. The number of non-ortho nitro benzene ring substituents is 1. The summed E-state index contributed by atoms with van der Waals surface area (Å²) in [6, 6.07) is 20.6. The molecule has 7 nitrogen and oxygen atoms in total. The van der Waals surface area contributed by atoms with Crippen LogP contribution in [-0.4, -0.2) is 21.0 Å². The summed E-state index contributed by atoms with van der Waals surface area (Å²) in [5.74, 6) is -0.387. The Labute approximate surface area is 171 Å². The molecule has 0 spiro atoms. The van der Waals surface area contributed by atoms with Crippen molar-refractivity contribution in [1.29, 1.82) is 0 Å². The normalized spacial score (nSPS) is 10.7. The maximum atomic E-state index is 12.7. The van der Waals surface area contributed by atoms with E-state index in [-0.39, 0.29) is 22.7 Å². The zero-order chi connectivity index (χ0) is 21.3. The molecule has 148 valence electrons. The molecule has 4 aromatic rings. The van der Waals surface area contributed by atoms with Crippen LogP contribution in [0.4, 0.5) is 11.4 Å². The molecule has 0 saturated carbocycles. The molecule has 0 unspecified atom stereocenters. The molecule has 0 aliphatic carbocycles. The van der Waals surface area contributed by atoms with Gasteiger partial charge in [-0.25, -0.2) is 0 Å². The second kappa shape index (κ2) is 7.56. The Morgan fingerprint density at radius 1 is 0.800 bits per heavy atom. The predicted octanol–water partition coefficient (Wildman–Crippen LogP) is 5.08. The van der Waals surface area contributed by atoms with Crippen molar-refractivity contribution in [2.24, 2.45) is 0 Å². The Morgan fingerprint density at radius 3 is 2.30 bits per heavy atom. The van der Waals surface area contributed by atoms with Crippen molar-refractivity contribution in [3.63, 3.8) is 0 Å². The molecule has 0 bridgehead atoms. The molecular formula is C23H16N2O5. The molecule has 4 aromatic carbocycles. The molecule has 30 heavy (non-hydrogen) atoms. The molecular weight excluding hydrogens is 384 g/mol. The van der Waals surface area contributed by atoms with Crippen LogP contribution in [0.5, 0.6) is 11.5 Å². The molecule has 0 aromatic heterocycles. The average molecular weight is 400 g/mol. The summed E-state index contributed by atoms with van der Waals surface area (Å²) >= 11 is 0. The molecule has 3 N–H and O–H groups in total. The second-order valence-corrected chi connectivity index (χ2v) is 6.78. The van der Waals surface area contributed by atoms with Gasteiger partial charge in [-0.1, -0.05) is 24.3 Å². The molecule has 1 amide bonds. The first-order chi connectivity index (χ1) is 14.4. The van der Waals surface area contributed by atoms with Crippen LogP contribution in [0.2, 0.25) is 0 Å². The molecule has 0 atom stereocenters. The number of fused-ring (bicyclic) bond motifs is 1. The summed E-state index contributed by atoms with van der Waals surface area (Å²) in [5, 5.41) is 34.9. The first-order valence-corrected chi connectivity index (χ1v) is 9.02. The third kappa shape index (κ3) is 3.90. The fourth-order valence-electron chi connectivity index (χ4n) is 3.21. The minimum Gasteiger partial charge on any atom is -0.508 e. The van der Waals surface area contributed by atoms with Crippen LogP contribution in [0, 0.1) is 10.1 Å². The van der Waals surface area contributed by atoms with Gasteiger partial charge in [0.15, 0.2) is 0 Å². The predicted molar refractivity (Wildman–Crippen MR) is 114 cm³/mol. The van der Waals surface area contributed by atoms with Gasteiger partial charge in [-0.15, -0.1) is 0 Å². The van der Waals surface area contributed by atoms with Gasteiger partial charge in [0.2, 0.25) is 0 Å². The number of nitro groups is 1. The van der Waals surface area contributed by atoms with E-state index in [1.54, 1.807) is 48.5 Å². The highest BCUT2D eigenvalue weighted by molar-refractivity contribution is 6.05. The van der Waals surface area contributed by atoms with Crippen molar-refractivity contribution in [1.82, 2.24) is 0 Å². The Hall–Kier alpha value is -4.39. The summed E-state index contributed by atoms with van der Waals surface area (Å²) in [7, 11) is 0. The zero-order valence-corrected chi connectivity index (χ0v) is 15.6. The number of anilines is 1. The lowest BCUT2D eigenvalue weighted by Crippen LogP contribution is -2.12. The average Bonchev–Trinajstić information content (AvgIpc) is 2.73. The van der Waals surface area contributed by atoms with Gasteiger partial charge >= 0.3 is 0 Å². The molecule has 0 radical (unpaired) electrons. The SMILES string of the molecule is O=C(Nc1cccc(O)c1)c1cc(-c2ccc3cc(O)ccc3c2)cc([N+](=O)[O-])c1. The van der Waals surface area contributed by atoms with Gasteiger partial charge in [-0.2, -0.15) is 0 Å². The Balaban J connectivity index is 1.75. The number of amides is 1. The minimum atomic E-state index is -0.548. The largest absolute Gasteiger partial charge is 0.508 e. The Kier molecular flexibility index (Phi) is 4.77. The number of phenolic OH excluding ortho intramolecular Hbond substituents is 2. The minimum absolute atomic E-state index is 0.00488. The van der Waals surface area contributed by atoms with Crippen molar-refractivity contribution in [2.45, 2.75) is 0 Å². The second-order valence-electron chi connectivity index (χ2n) is 6.78. The van der Waals surface area contributed by atoms with Crippen molar-refractivity contribution >= 4 is 28.1 Å². The fraction of sp³-hybridized carbons (Fsp3) is 0. The highest BCUT2D eigenvalue weighted by atomic mass is 16.6. The summed E-state index contributed by atoms with van der Waals surface area (Å²) in [6.45, 7) is 0. The highest BCUT2D eigenvalue weighted by Gasteiger charge is 2.16. The van der Waals surface area contributed by atoms with E-state index in [4.69, 9.17) is 0 Å². The Bertz CT molecular complexity index is 1300. The molecule has 7 heteroatoms. The van der Waals surface area contributed by atoms with E-state index in [9.17, 15) is 25.1 Å². The van der Waals surface area contributed by atoms with Crippen LogP contribution in [-0.2, 0) is 0 Å². The number of aromatic hydroxyl groups is 2. The van der Waals surface area contributed by atoms with E-state index < -0.39 is 10.8 Å². The maximum absolute atomic E-state index is 12.7. The lowest BCUT2D eigenvalue weighted by Gasteiger charge is -2.09. The lowest BCUT2D eigenvalue weighted by atomic mass is 9.98. The monoisotopic (exact) mass is 400 g/mol. The summed E-state index contributed by atoms with van der Waals surface area (Å²) in [6.07, 6.45) is 0. The van der Waals surface area contributed by atoms with Gasteiger partial charge in [0.25, 0.3) is 11.6 Å². The Morgan fingerprint density at radius 2 is 1.53 bits per heavy atom. The van der Waals surface area contributed by atoms with Crippen LogP contribution >= 0.6 is 0 Å². The first kappa shape index (κ1) is 18.9. The number of rotatable bonds is 4. The van der Waals surface area contributed by atoms with Gasteiger partial charge in [-0.3, -0.25) is 14.9 Å². The number of carbonyl (C=O) groups is 1. The van der Waals surface area contributed by atoms with Crippen LogP contribution in [0.15, 0.2) is 78.9 Å². The fourth-order valence-corrected chi connectivity index (χ4v) is 3.21. The maximum Gasteiger partial charge on any atom is 0.270 e. The quantitative estimate of drug-likeness (QED) is 0.327. The molecule has 4 rings (SSSR count). The van der Waals surface area contributed by atoms with Crippen molar-refractivity contribution in [3.05, 3.63) is 94.5 Å². The van der Waals surface area contributed by atoms with Crippen molar-refractivity contribution in [3.8, 4) is 22.6 Å². The van der Waals surface area contributed by atoms with E-state index in [0.717, 1.165) is 10.8 Å². The van der Waals surface area contributed by atoms with Crippen LogP contribution in [0.25, 0.3) is 21.9 Å². The van der Waals surface area contributed by atoms with E-state index in [2.05, 4.69) is 5.32 Å². The number of nitro benzene ring substituents is 1. The van der Waals surface area contributed by atoms with Gasteiger partial charge < -0.3 is 15.5 Å². The first-order valence-electron chi connectivity index (χ1n) is 9.02. The van der Waals surface area contributed by atoms with Gasteiger partial charge in [0.05, 0.1) is 4.92 Å². The standard InChI is InChI=1S/C23H16N2O5/c26-21-3-1-2-19(13-21)24-23(28)18-9-17(10-20(11-18)25(29)30)15-4-5-16-12-22(27)7-6-14(16)8-15/h1-13,26-27H,(H,24,28). The van der Waals surface area contributed by atoms with E-state index in [1.807, 2.05) is 6.07 Å². The number of hydrogen-bond acceptors (Lipinski definition) is 5. The summed E-state index contributed by atoms with van der Waals surface area (Å²) in [5.41, 5.74) is 1.50. The smallest absolute Gasteiger partial charge is 0.270 e. The third-order valence-corrected chi connectivity index (χ3v) is 4.65.